The Labute approximate surface area is 160 Å². The predicted molar refractivity (Wildman–Crippen MR) is 104 cm³/mol. The van der Waals surface area contributed by atoms with Gasteiger partial charge in [0, 0.05) is 11.1 Å². The number of rotatable bonds is 5. The van der Waals surface area contributed by atoms with E-state index < -0.39 is 11.7 Å². The molecule has 4 fully saturated rings. The summed E-state index contributed by atoms with van der Waals surface area (Å²) in [6.07, 6.45) is 6.13. The summed E-state index contributed by atoms with van der Waals surface area (Å²) < 4.78 is 6.07. The first kappa shape index (κ1) is 17.5. The lowest BCUT2D eigenvalue weighted by Gasteiger charge is -2.60. The van der Waals surface area contributed by atoms with E-state index in [0.717, 1.165) is 41.9 Å². The summed E-state index contributed by atoms with van der Waals surface area (Å²) in [5.74, 6) is 3.16. The molecule has 4 nitrogen and oxygen atoms in total. The van der Waals surface area contributed by atoms with Gasteiger partial charge in [-0.3, -0.25) is 0 Å². The summed E-state index contributed by atoms with van der Waals surface area (Å²) in [4.78, 5) is 0. The molecule has 0 amide bonds. The van der Waals surface area contributed by atoms with E-state index in [1.165, 1.54) is 19.3 Å². The molecule has 1 aromatic carbocycles. The van der Waals surface area contributed by atoms with Gasteiger partial charge in [-0.15, -0.1) is 0 Å². The van der Waals surface area contributed by atoms with Crippen molar-refractivity contribution in [3.8, 4) is 11.3 Å². The topological polar surface area (TPSA) is 65.6 Å². The molecule has 3 atom stereocenters. The summed E-state index contributed by atoms with van der Waals surface area (Å²) in [6.45, 7) is 2.48. The number of hydrogen-bond donors (Lipinski definition) is 3. The van der Waals surface area contributed by atoms with E-state index in [4.69, 9.17) is 4.42 Å². The van der Waals surface area contributed by atoms with Gasteiger partial charge in [0.2, 0.25) is 0 Å². The highest BCUT2D eigenvalue weighted by Crippen LogP contribution is 2.57. The van der Waals surface area contributed by atoms with Crippen LogP contribution < -0.4 is 5.32 Å². The Balaban J connectivity index is 1.27. The van der Waals surface area contributed by atoms with Crippen LogP contribution in [0.3, 0.4) is 0 Å². The van der Waals surface area contributed by atoms with E-state index in [1.807, 2.05) is 36.4 Å². The van der Waals surface area contributed by atoms with Crippen molar-refractivity contribution in [1.29, 1.82) is 0 Å². The maximum atomic E-state index is 10.9. The van der Waals surface area contributed by atoms with Gasteiger partial charge in [-0.1, -0.05) is 24.3 Å². The van der Waals surface area contributed by atoms with Gasteiger partial charge in [0.15, 0.2) is 0 Å². The van der Waals surface area contributed by atoms with Gasteiger partial charge in [0.25, 0.3) is 0 Å². The molecule has 2 aromatic rings. The maximum absolute atomic E-state index is 10.9. The number of nitrogens with one attached hydrogen (secondary N) is 1. The van der Waals surface area contributed by atoms with Crippen molar-refractivity contribution in [2.75, 3.05) is 0 Å². The van der Waals surface area contributed by atoms with E-state index >= 15 is 0 Å². The van der Waals surface area contributed by atoms with E-state index in [2.05, 4.69) is 5.32 Å². The summed E-state index contributed by atoms with van der Waals surface area (Å²) in [6, 6.07) is 11.9. The Morgan fingerprint density at radius 3 is 2.41 bits per heavy atom. The lowest BCUT2D eigenvalue weighted by molar-refractivity contribution is -0.143. The highest BCUT2D eigenvalue weighted by molar-refractivity contribution is 5.58. The molecule has 4 aliphatic carbocycles. The Morgan fingerprint density at radius 1 is 1.07 bits per heavy atom. The van der Waals surface area contributed by atoms with Crippen LogP contribution in [0.2, 0.25) is 0 Å². The van der Waals surface area contributed by atoms with Gasteiger partial charge in [-0.2, -0.15) is 0 Å². The molecule has 0 aliphatic heterocycles. The molecule has 4 heteroatoms. The fraction of sp³-hybridized carbons (Fsp3) is 0.565. The average Bonchev–Trinajstić information content (AvgIpc) is 3.07. The Kier molecular flexibility index (Phi) is 4.01. The normalized spacial score (nSPS) is 35.5. The first-order chi connectivity index (χ1) is 12.9. The van der Waals surface area contributed by atoms with Crippen LogP contribution in [0.25, 0.3) is 11.3 Å². The third-order valence-electron chi connectivity index (χ3n) is 7.01. The predicted octanol–water partition coefficient (Wildman–Crippen LogP) is 4.17. The maximum Gasteiger partial charge on any atom is 0.134 e. The molecule has 1 heterocycles. The van der Waals surface area contributed by atoms with Crippen molar-refractivity contribution in [3.63, 3.8) is 0 Å². The van der Waals surface area contributed by atoms with Gasteiger partial charge in [-0.25, -0.2) is 0 Å². The minimum absolute atomic E-state index is 0.0880. The van der Waals surface area contributed by atoms with Crippen molar-refractivity contribution in [2.45, 2.75) is 69.2 Å². The molecule has 144 valence electrons. The Hall–Kier alpha value is -1.62. The first-order valence-corrected chi connectivity index (χ1v) is 10.3. The third kappa shape index (κ3) is 3.24. The van der Waals surface area contributed by atoms with Gasteiger partial charge in [0.1, 0.15) is 11.5 Å². The quantitative estimate of drug-likeness (QED) is 0.742. The fourth-order valence-electron chi connectivity index (χ4n) is 6.25. The van der Waals surface area contributed by atoms with Crippen molar-refractivity contribution in [3.05, 3.63) is 47.7 Å². The standard InChI is InChI=1S/C23H29NO3/c1-15(25)18-2-4-19(5-3-18)21-7-6-20(27-21)13-24-22-9-16-8-17(10-22)12-23(26,11-16)14-22/h2-7,15-17,24-26H,8-14H2,1H3. The SMILES string of the molecule is CC(O)c1ccc(-c2ccc(CNC34CC5CC(CC(O)(C5)C3)C4)o2)cc1. The van der Waals surface area contributed by atoms with Crippen LogP contribution in [-0.4, -0.2) is 21.4 Å². The van der Waals surface area contributed by atoms with Crippen molar-refractivity contribution in [1.82, 2.24) is 5.32 Å². The van der Waals surface area contributed by atoms with Crippen molar-refractivity contribution >= 4 is 0 Å². The molecule has 0 spiro atoms. The third-order valence-corrected chi connectivity index (χ3v) is 7.01. The minimum atomic E-state index is -0.453. The lowest BCUT2D eigenvalue weighted by Crippen LogP contribution is -2.64. The minimum Gasteiger partial charge on any atom is -0.460 e. The van der Waals surface area contributed by atoms with E-state index in [-0.39, 0.29) is 5.54 Å². The molecule has 4 aliphatic rings. The number of benzene rings is 1. The molecular weight excluding hydrogens is 338 g/mol. The summed E-state index contributed by atoms with van der Waals surface area (Å²) in [7, 11) is 0. The summed E-state index contributed by atoms with van der Waals surface area (Å²) in [5.41, 5.74) is 1.59. The molecule has 3 N–H and O–H groups in total. The fourth-order valence-corrected chi connectivity index (χ4v) is 6.25. The number of furan rings is 1. The molecule has 4 bridgehead atoms. The number of aliphatic hydroxyl groups excluding tert-OH is 1. The van der Waals surface area contributed by atoms with Crippen molar-refractivity contribution in [2.24, 2.45) is 11.8 Å². The zero-order valence-corrected chi connectivity index (χ0v) is 15.9. The summed E-state index contributed by atoms with van der Waals surface area (Å²) in [5, 5.41) is 24.3. The number of aliphatic hydroxyl groups is 2. The molecular formula is C23H29NO3. The molecule has 3 unspecified atom stereocenters. The largest absolute Gasteiger partial charge is 0.460 e. The Morgan fingerprint density at radius 2 is 1.78 bits per heavy atom. The van der Waals surface area contributed by atoms with E-state index in [9.17, 15) is 10.2 Å². The summed E-state index contributed by atoms with van der Waals surface area (Å²) >= 11 is 0. The van der Waals surface area contributed by atoms with Crippen molar-refractivity contribution < 1.29 is 14.6 Å². The second-order valence-corrected chi connectivity index (χ2v) is 9.38. The molecule has 4 saturated carbocycles. The lowest BCUT2D eigenvalue weighted by atomic mass is 9.51. The van der Waals surface area contributed by atoms with Crippen LogP contribution in [0.4, 0.5) is 0 Å². The van der Waals surface area contributed by atoms with Gasteiger partial charge < -0.3 is 19.9 Å². The highest BCUT2D eigenvalue weighted by Gasteiger charge is 2.56. The second-order valence-electron chi connectivity index (χ2n) is 9.38. The first-order valence-electron chi connectivity index (χ1n) is 10.3. The molecule has 27 heavy (non-hydrogen) atoms. The zero-order valence-electron chi connectivity index (χ0n) is 15.9. The van der Waals surface area contributed by atoms with Gasteiger partial charge >= 0.3 is 0 Å². The van der Waals surface area contributed by atoms with Gasteiger partial charge in [0.05, 0.1) is 18.2 Å². The van der Waals surface area contributed by atoms with Crippen LogP contribution in [0, 0.1) is 11.8 Å². The van der Waals surface area contributed by atoms with E-state index in [1.54, 1.807) is 6.92 Å². The van der Waals surface area contributed by atoms with Crippen LogP contribution in [0.1, 0.15) is 62.9 Å². The van der Waals surface area contributed by atoms with Crippen LogP contribution in [0.5, 0.6) is 0 Å². The average molecular weight is 367 g/mol. The van der Waals surface area contributed by atoms with Gasteiger partial charge in [-0.05, 0) is 75.0 Å². The van der Waals surface area contributed by atoms with Crippen LogP contribution >= 0.6 is 0 Å². The molecule has 6 rings (SSSR count). The Bertz CT molecular complexity index is 808. The molecule has 0 saturated heterocycles. The zero-order chi connectivity index (χ0) is 18.6. The molecule has 1 aromatic heterocycles. The molecule has 0 radical (unpaired) electrons. The van der Waals surface area contributed by atoms with Crippen LogP contribution in [0.15, 0.2) is 40.8 Å². The number of hydrogen-bond acceptors (Lipinski definition) is 4. The second kappa shape index (κ2) is 6.20. The van der Waals surface area contributed by atoms with Crippen LogP contribution in [-0.2, 0) is 6.54 Å². The highest BCUT2D eigenvalue weighted by atomic mass is 16.3. The smallest absolute Gasteiger partial charge is 0.134 e. The van der Waals surface area contributed by atoms with E-state index in [0.29, 0.717) is 18.4 Å². The monoisotopic (exact) mass is 367 g/mol.